The van der Waals surface area contributed by atoms with Gasteiger partial charge >= 0.3 is 0 Å². The Bertz CT molecular complexity index is 1170. The fourth-order valence-corrected chi connectivity index (χ4v) is 4.19. The fourth-order valence-electron chi connectivity index (χ4n) is 4.00. The van der Waals surface area contributed by atoms with Crippen LogP contribution in [0.25, 0.3) is 11.3 Å². The van der Waals surface area contributed by atoms with Crippen LogP contribution in [0.3, 0.4) is 0 Å². The van der Waals surface area contributed by atoms with Gasteiger partial charge in [-0.1, -0.05) is 35.9 Å². The molecule has 0 bridgehead atoms. The van der Waals surface area contributed by atoms with Gasteiger partial charge in [0.1, 0.15) is 6.54 Å². The highest BCUT2D eigenvalue weighted by atomic mass is 35.5. The zero-order valence-corrected chi connectivity index (χ0v) is 16.6. The quantitative estimate of drug-likeness (QED) is 0.660. The predicted octanol–water partition coefficient (Wildman–Crippen LogP) is 2.91. The van der Waals surface area contributed by atoms with Crippen molar-refractivity contribution in [3.05, 3.63) is 75.9 Å². The van der Waals surface area contributed by atoms with Gasteiger partial charge in [-0.15, -0.1) is 0 Å². The average Bonchev–Trinajstić information content (AvgIpc) is 3.28. The van der Waals surface area contributed by atoms with Gasteiger partial charge < -0.3 is 4.90 Å². The minimum absolute atomic E-state index is 0.270. The molecule has 8 heteroatoms. The molecule has 0 unspecified atom stereocenters. The number of halogens is 1. The molecule has 150 valence electrons. The highest BCUT2D eigenvalue weighted by Gasteiger charge is 2.37. The van der Waals surface area contributed by atoms with Gasteiger partial charge in [0, 0.05) is 41.4 Å². The molecule has 3 heterocycles. The summed E-state index contributed by atoms with van der Waals surface area (Å²) in [4.78, 5) is 40.8. The first-order valence-electron chi connectivity index (χ1n) is 9.58. The third-order valence-corrected chi connectivity index (χ3v) is 5.79. The third-order valence-electron chi connectivity index (χ3n) is 5.56. The Hall–Kier alpha value is -3.45. The first kappa shape index (κ1) is 18.6. The number of amides is 3. The number of fused-ring (bicyclic) bond motifs is 2. The molecule has 7 nitrogen and oxygen atoms in total. The van der Waals surface area contributed by atoms with Crippen molar-refractivity contribution in [3.63, 3.8) is 0 Å². The number of nitrogens with zero attached hydrogens (tertiary/aromatic N) is 3. The number of nitrogens with one attached hydrogen (secondary N) is 1. The Morgan fingerprint density at radius 2 is 1.80 bits per heavy atom. The van der Waals surface area contributed by atoms with Gasteiger partial charge in [-0.05, 0) is 24.3 Å². The van der Waals surface area contributed by atoms with E-state index in [0.717, 1.165) is 27.4 Å². The van der Waals surface area contributed by atoms with Crippen LogP contribution in [0, 0.1) is 0 Å². The monoisotopic (exact) mass is 420 g/mol. The maximum absolute atomic E-state index is 13.0. The number of imide groups is 1. The van der Waals surface area contributed by atoms with Gasteiger partial charge in [0.05, 0.1) is 16.8 Å². The molecule has 2 aliphatic rings. The lowest BCUT2D eigenvalue weighted by molar-refractivity contribution is -0.132. The zero-order valence-electron chi connectivity index (χ0n) is 15.9. The number of benzene rings is 2. The van der Waals surface area contributed by atoms with Crippen molar-refractivity contribution in [3.8, 4) is 11.3 Å². The van der Waals surface area contributed by atoms with Gasteiger partial charge in [-0.25, -0.2) is 0 Å². The number of H-pyrrole nitrogens is 1. The molecule has 1 N–H and O–H groups in total. The smallest absolute Gasteiger partial charge is 0.262 e. The molecule has 0 spiro atoms. The Kier molecular flexibility index (Phi) is 4.40. The molecule has 5 rings (SSSR count). The van der Waals surface area contributed by atoms with Gasteiger partial charge in [-0.2, -0.15) is 5.10 Å². The number of hydrogen-bond donors (Lipinski definition) is 1. The lowest BCUT2D eigenvalue weighted by atomic mass is 10.0. The SMILES string of the molecule is O=C(CN1C(=O)c2ccccc2C1=O)N1CCc2[nH]nc(-c3cccc(Cl)c3)c2C1. The Labute approximate surface area is 177 Å². The molecule has 3 amide bonds. The topological polar surface area (TPSA) is 86.4 Å². The summed E-state index contributed by atoms with van der Waals surface area (Å²) in [5, 5.41) is 8.08. The Morgan fingerprint density at radius 1 is 1.07 bits per heavy atom. The van der Waals surface area contributed by atoms with Crippen molar-refractivity contribution in [2.24, 2.45) is 0 Å². The van der Waals surface area contributed by atoms with E-state index in [4.69, 9.17) is 11.6 Å². The molecule has 2 aliphatic heterocycles. The summed E-state index contributed by atoms with van der Waals surface area (Å²) in [5.41, 5.74) is 4.22. The highest BCUT2D eigenvalue weighted by Crippen LogP contribution is 2.30. The van der Waals surface area contributed by atoms with Gasteiger partial charge in [0.2, 0.25) is 5.91 Å². The first-order valence-corrected chi connectivity index (χ1v) is 9.96. The molecule has 0 radical (unpaired) electrons. The van der Waals surface area contributed by atoms with Crippen LogP contribution < -0.4 is 0 Å². The fraction of sp³-hybridized carbons (Fsp3) is 0.182. The summed E-state index contributed by atoms with van der Waals surface area (Å²) >= 11 is 6.11. The summed E-state index contributed by atoms with van der Waals surface area (Å²) in [7, 11) is 0. The number of carbonyl (C=O) groups is 3. The maximum Gasteiger partial charge on any atom is 0.262 e. The number of aromatic nitrogens is 2. The number of carbonyl (C=O) groups excluding carboxylic acids is 3. The molecule has 1 aromatic heterocycles. The van der Waals surface area contributed by atoms with Crippen molar-refractivity contribution in [1.82, 2.24) is 20.0 Å². The lowest BCUT2D eigenvalue weighted by Gasteiger charge is -2.28. The minimum Gasteiger partial charge on any atom is -0.336 e. The van der Waals surface area contributed by atoms with Crippen molar-refractivity contribution in [2.75, 3.05) is 13.1 Å². The molecule has 0 saturated carbocycles. The standard InChI is InChI=1S/C22H17ClN4O3/c23-14-5-3-4-13(10-14)20-17-11-26(9-8-18(17)24-25-20)19(28)12-27-21(29)15-6-1-2-7-16(15)22(27)30/h1-7,10H,8-9,11-12H2,(H,24,25). The van der Waals surface area contributed by atoms with Crippen LogP contribution in [0.4, 0.5) is 0 Å². The van der Waals surface area contributed by atoms with E-state index in [2.05, 4.69) is 10.2 Å². The third kappa shape index (κ3) is 2.98. The van der Waals surface area contributed by atoms with Crippen LogP contribution in [0.1, 0.15) is 32.0 Å². The number of hydrogen-bond acceptors (Lipinski definition) is 4. The molecule has 30 heavy (non-hydrogen) atoms. The zero-order chi connectivity index (χ0) is 20.8. The second kappa shape index (κ2) is 7.11. The molecule has 0 aliphatic carbocycles. The van der Waals surface area contributed by atoms with E-state index < -0.39 is 11.8 Å². The largest absolute Gasteiger partial charge is 0.336 e. The lowest BCUT2D eigenvalue weighted by Crippen LogP contribution is -2.44. The van der Waals surface area contributed by atoms with Gasteiger partial charge in [0.15, 0.2) is 0 Å². The van der Waals surface area contributed by atoms with E-state index in [1.807, 2.05) is 18.2 Å². The van der Waals surface area contributed by atoms with Crippen LogP contribution in [-0.4, -0.2) is 50.8 Å². The van der Waals surface area contributed by atoms with Crippen LogP contribution in [0.15, 0.2) is 48.5 Å². The van der Waals surface area contributed by atoms with Crippen molar-refractivity contribution < 1.29 is 14.4 Å². The predicted molar refractivity (Wildman–Crippen MR) is 110 cm³/mol. The highest BCUT2D eigenvalue weighted by molar-refractivity contribution is 6.30. The van der Waals surface area contributed by atoms with Crippen LogP contribution in [0.5, 0.6) is 0 Å². The first-order chi connectivity index (χ1) is 14.5. The summed E-state index contributed by atoms with van der Waals surface area (Å²) < 4.78 is 0. The summed E-state index contributed by atoms with van der Waals surface area (Å²) in [5.74, 6) is -1.12. The van der Waals surface area contributed by atoms with E-state index in [9.17, 15) is 14.4 Å². The van der Waals surface area contributed by atoms with E-state index in [-0.39, 0.29) is 12.5 Å². The normalized spacial score (nSPS) is 15.4. The molecular formula is C22H17ClN4O3. The molecular weight excluding hydrogens is 404 g/mol. The number of rotatable bonds is 3. The Morgan fingerprint density at radius 3 is 2.50 bits per heavy atom. The number of aromatic amines is 1. The second-order valence-electron chi connectivity index (χ2n) is 7.35. The minimum atomic E-state index is -0.426. The van der Waals surface area contributed by atoms with Gasteiger partial charge in [0.25, 0.3) is 11.8 Å². The molecule has 3 aromatic rings. The maximum atomic E-state index is 13.0. The van der Waals surface area contributed by atoms with Crippen molar-refractivity contribution in [1.29, 1.82) is 0 Å². The van der Waals surface area contributed by atoms with Crippen molar-refractivity contribution >= 4 is 29.3 Å². The summed E-state index contributed by atoms with van der Waals surface area (Å²) in [6.45, 7) is 0.577. The Balaban J connectivity index is 1.36. The summed E-state index contributed by atoms with van der Waals surface area (Å²) in [6.07, 6.45) is 0.622. The molecule has 0 fully saturated rings. The van der Waals surface area contributed by atoms with Crippen LogP contribution in [-0.2, 0) is 17.8 Å². The van der Waals surface area contributed by atoms with E-state index >= 15 is 0 Å². The van der Waals surface area contributed by atoms with E-state index in [1.165, 1.54) is 0 Å². The second-order valence-corrected chi connectivity index (χ2v) is 7.78. The average molecular weight is 421 g/mol. The van der Waals surface area contributed by atoms with E-state index in [1.54, 1.807) is 35.2 Å². The van der Waals surface area contributed by atoms with E-state index in [0.29, 0.717) is 35.7 Å². The van der Waals surface area contributed by atoms with Crippen LogP contribution >= 0.6 is 11.6 Å². The molecule has 0 atom stereocenters. The molecule has 0 saturated heterocycles. The van der Waals surface area contributed by atoms with Crippen LogP contribution in [0.2, 0.25) is 5.02 Å². The van der Waals surface area contributed by atoms with Gasteiger partial charge in [-0.3, -0.25) is 24.4 Å². The molecule has 2 aromatic carbocycles. The van der Waals surface area contributed by atoms with Crippen molar-refractivity contribution in [2.45, 2.75) is 13.0 Å². The summed E-state index contributed by atoms with van der Waals surface area (Å²) in [6, 6.07) is 14.0.